The monoisotopic (exact) mass is 417 g/mol. The van der Waals surface area contributed by atoms with Crippen LogP contribution in [0.2, 0.25) is 10.0 Å². The summed E-state index contributed by atoms with van der Waals surface area (Å²) >= 11 is 12.4. The fourth-order valence-corrected chi connectivity index (χ4v) is 3.75. The lowest BCUT2D eigenvalue weighted by Gasteiger charge is -2.21. The summed E-state index contributed by atoms with van der Waals surface area (Å²) < 4.78 is 0. The zero-order chi connectivity index (χ0) is 20.1. The Kier molecular flexibility index (Phi) is 6.76. The minimum Gasteiger partial charge on any atom is -0.480 e. The van der Waals surface area contributed by atoms with E-state index >= 15 is 0 Å². The number of amides is 1. The van der Waals surface area contributed by atoms with Crippen molar-refractivity contribution in [2.75, 3.05) is 0 Å². The van der Waals surface area contributed by atoms with E-state index < -0.39 is 12.0 Å². The lowest BCUT2D eigenvalue weighted by Crippen LogP contribution is -2.45. The van der Waals surface area contributed by atoms with Crippen molar-refractivity contribution in [3.8, 4) is 11.1 Å². The van der Waals surface area contributed by atoms with Gasteiger partial charge in [-0.3, -0.25) is 4.79 Å². The molecule has 2 N–H and O–H groups in total. The van der Waals surface area contributed by atoms with Gasteiger partial charge in [0.1, 0.15) is 6.04 Å². The van der Waals surface area contributed by atoms with Crippen LogP contribution in [-0.2, 0) is 16.0 Å². The number of carbonyl (C=O) groups excluding carboxylic acids is 1. The number of hydrogen-bond donors (Lipinski definition) is 2. The molecule has 0 saturated heterocycles. The Labute approximate surface area is 174 Å². The van der Waals surface area contributed by atoms with E-state index in [0.717, 1.165) is 24.0 Å². The summed E-state index contributed by atoms with van der Waals surface area (Å²) in [5.41, 5.74) is 2.49. The number of allylic oxidation sites excluding steroid dienone is 2. The second-order valence-corrected chi connectivity index (χ2v) is 7.75. The number of rotatable bonds is 6. The first-order valence-corrected chi connectivity index (χ1v) is 9.92. The van der Waals surface area contributed by atoms with Gasteiger partial charge in [0, 0.05) is 22.4 Å². The molecule has 4 nitrogen and oxygen atoms in total. The zero-order valence-corrected chi connectivity index (χ0v) is 16.7. The Morgan fingerprint density at radius 3 is 2.54 bits per heavy atom. The lowest BCUT2D eigenvalue weighted by molar-refractivity contribution is -0.142. The molecule has 6 heteroatoms. The topological polar surface area (TPSA) is 66.4 Å². The summed E-state index contributed by atoms with van der Waals surface area (Å²) in [4.78, 5) is 24.1. The van der Waals surface area contributed by atoms with Gasteiger partial charge in [0.05, 0.1) is 0 Å². The first-order valence-electron chi connectivity index (χ1n) is 9.16. The molecule has 0 saturated carbocycles. The van der Waals surface area contributed by atoms with E-state index in [1.54, 1.807) is 18.2 Å². The van der Waals surface area contributed by atoms with Crippen LogP contribution in [0.1, 0.15) is 24.8 Å². The van der Waals surface area contributed by atoms with Gasteiger partial charge in [0.2, 0.25) is 5.91 Å². The molecule has 1 amide bonds. The number of nitrogens with one attached hydrogen (secondary N) is 1. The highest BCUT2D eigenvalue weighted by Crippen LogP contribution is 2.28. The van der Waals surface area contributed by atoms with Crippen molar-refractivity contribution in [2.24, 2.45) is 5.92 Å². The van der Waals surface area contributed by atoms with Crippen molar-refractivity contribution in [2.45, 2.75) is 31.7 Å². The number of hydrogen-bond acceptors (Lipinski definition) is 2. The second kappa shape index (κ2) is 9.26. The van der Waals surface area contributed by atoms with Gasteiger partial charge in [0.15, 0.2) is 0 Å². The minimum absolute atomic E-state index is 0.123. The zero-order valence-electron chi connectivity index (χ0n) is 15.2. The molecule has 0 spiro atoms. The smallest absolute Gasteiger partial charge is 0.326 e. The maximum absolute atomic E-state index is 12.4. The Morgan fingerprint density at radius 1 is 1.11 bits per heavy atom. The third-order valence-corrected chi connectivity index (χ3v) is 5.48. The fourth-order valence-electron chi connectivity index (χ4n) is 3.30. The van der Waals surface area contributed by atoms with Gasteiger partial charge in [-0.25, -0.2) is 4.79 Å². The van der Waals surface area contributed by atoms with Gasteiger partial charge in [-0.05, 0) is 54.2 Å². The molecule has 146 valence electrons. The summed E-state index contributed by atoms with van der Waals surface area (Å²) in [6.07, 6.45) is 6.36. The molecule has 0 bridgehead atoms. The summed E-state index contributed by atoms with van der Waals surface area (Å²) in [6.45, 7) is 0. The highest BCUT2D eigenvalue weighted by atomic mass is 35.5. The van der Waals surface area contributed by atoms with E-state index in [2.05, 4.69) is 5.32 Å². The van der Waals surface area contributed by atoms with Gasteiger partial charge >= 0.3 is 5.97 Å². The van der Waals surface area contributed by atoms with Crippen molar-refractivity contribution >= 4 is 35.1 Å². The highest BCUT2D eigenvalue weighted by Gasteiger charge is 2.26. The number of aliphatic carboxylic acids is 1. The van der Waals surface area contributed by atoms with Crippen LogP contribution in [0, 0.1) is 5.92 Å². The SMILES string of the molecule is O=C(N[C@H](Cc1ccc(-c2cccc(Cl)c2)cc1Cl)C(=O)O)C1CC=CCC1. The first kappa shape index (κ1) is 20.4. The van der Waals surface area contributed by atoms with Crippen LogP contribution in [0.3, 0.4) is 0 Å². The molecule has 0 aromatic heterocycles. The van der Waals surface area contributed by atoms with E-state index in [1.807, 2.05) is 36.4 Å². The molecule has 0 fully saturated rings. The number of benzene rings is 2. The quantitative estimate of drug-likeness (QED) is 0.640. The molecular formula is C22H21Cl2NO3. The van der Waals surface area contributed by atoms with Crippen LogP contribution < -0.4 is 5.32 Å². The van der Waals surface area contributed by atoms with Gasteiger partial charge < -0.3 is 10.4 Å². The van der Waals surface area contributed by atoms with Gasteiger partial charge in [-0.15, -0.1) is 0 Å². The molecule has 3 rings (SSSR count). The van der Waals surface area contributed by atoms with E-state index in [9.17, 15) is 14.7 Å². The van der Waals surface area contributed by atoms with Crippen LogP contribution in [0.5, 0.6) is 0 Å². The maximum Gasteiger partial charge on any atom is 0.326 e. The van der Waals surface area contributed by atoms with Gasteiger partial charge in [-0.1, -0.05) is 59.6 Å². The van der Waals surface area contributed by atoms with Crippen LogP contribution >= 0.6 is 23.2 Å². The molecule has 1 aliphatic rings. The summed E-state index contributed by atoms with van der Waals surface area (Å²) in [7, 11) is 0. The average Bonchev–Trinajstić information content (AvgIpc) is 2.69. The molecule has 0 radical (unpaired) electrons. The molecule has 2 aromatic carbocycles. The largest absolute Gasteiger partial charge is 0.480 e. The van der Waals surface area contributed by atoms with Crippen molar-refractivity contribution < 1.29 is 14.7 Å². The molecule has 1 unspecified atom stereocenters. The standard InChI is InChI=1S/C22H21Cl2NO3/c23-18-8-4-7-15(11-18)16-9-10-17(19(24)12-16)13-20(22(27)28)25-21(26)14-5-2-1-3-6-14/h1-2,4,7-12,14,20H,3,5-6,13H2,(H,25,26)(H,27,28)/t14?,20-/m1/s1. The molecule has 28 heavy (non-hydrogen) atoms. The molecule has 0 aliphatic heterocycles. The lowest BCUT2D eigenvalue weighted by atomic mass is 9.93. The second-order valence-electron chi connectivity index (χ2n) is 6.90. The highest BCUT2D eigenvalue weighted by molar-refractivity contribution is 6.32. The molecule has 2 atom stereocenters. The van der Waals surface area contributed by atoms with Crippen molar-refractivity contribution in [1.82, 2.24) is 5.32 Å². The Bertz CT molecular complexity index is 910. The van der Waals surface area contributed by atoms with Gasteiger partial charge in [-0.2, -0.15) is 0 Å². The number of carboxylic acids is 1. The van der Waals surface area contributed by atoms with Crippen LogP contribution in [0.25, 0.3) is 11.1 Å². The van der Waals surface area contributed by atoms with E-state index in [4.69, 9.17) is 23.2 Å². The molecule has 2 aromatic rings. The Hall–Kier alpha value is -2.30. The minimum atomic E-state index is -1.07. The average molecular weight is 418 g/mol. The Morgan fingerprint density at radius 2 is 1.89 bits per heavy atom. The summed E-state index contributed by atoms with van der Waals surface area (Å²) in [5, 5.41) is 13.3. The predicted octanol–water partition coefficient (Wildman–Crippen LogP) is 5.13. The van der Waals surface area contributed by atoms with Crippen LogP contribution in [-0.4, -0.2) is 23.0 Å². The number of carboxylic acid groups (broad SMARTS) is 1. The molecule has 1 aliphatic carbocycles. The van der Waals surface area contributed by atoms with Crippen LogP contribution in [0.15, 0.2) is 54.6 Å². The van der Waals surface area contributed by atoms with Crippen molar-refractivity contribution in [3.63, 3.8) is 0 Å². The van der Waals surface area contributed by atoms with Gasteiger partial charge in [0.25, 0.3) is 0 Å². The van der Waals surface area contributed by atoms with E-state index in [-0.39, 0.29) is 18.2 Å². The first-order chi connectivity index (χ1) is 13.4. The normalized spacial score (nSPS) is 17.1. The van der Waals surface area contributed by atoms with Crippen LogP contribution in [0.4, 0.5) is 0 Å². The summed E-state index contributed by atoms with van der Waals surface area (Å²) in [5.74, 6) is -1.47. The fraction of sp³-hybridized carbons (Fsp3) is 0.273. The predicted molar refractivity (Wildman–Crippen MR) is 112 cm³/mol. The number of halogens is 2. The van der Waals surface area contributed by atoms with E-state index in [1.165, 1.54) is 0 Å². The third-order valence-electron chi connectivity index (χ3n) is 4.89. The van der Waals surface area contributed by atoms with E-state index in [0.29, 0.717) is 22.0 Å². The van der Waals surface area contributed by atoms with Crippen molar-refractivity contribution in [1.29, 1.82) is 0 Å². The molecular weight excluding hydrogens is 397 g/mol. The third kappa shape index (κ3) is 5.15. The number of carbonyl (C=O) groups is 2. The van der Waals surface area contributed by atoms with Crippen molar-refractivity contribution in [3.05, 3.63) is 70.2 Å². The maximum atomic E-state index is 12.4. The Balaban J connectivity index is 1.73. The molecule has 0 heterocycles. The summed E-state index contributed by atoms with van der Waals surface area (Å²) in [6, 6.07) is 11.9.